The molecule has 296 valence electrons. The third-order valence-electron chi connectivity index (χ3n) is 10.4. The Hall–Kier alpha value is -4.10. The highest BCUT2D eigenvalue weighted by molar-refractivity contribution is 7.10. The maximum absolute atomic E-state index is 5.02. The summed E-state index contributed by atoms with van der Waals surface area (Å²) in [5.74, 6) is 0. The normalized spacial score (nSPS) is 12.2. The lowest BCUT2D eigenvalue weighted by atomic mass is 10.0. The molecular weight excluding hydrogens is 721 g/mol. The quantitative estimate of drug-likeness (QED) is 0.0714. The molecule has 0 fully saturated rings. The van der Waals surface area contributed by atoms with Gasteiger partial charge in [0, 0.05) is 28.2 Å². The molecule has 2 aromatic heterocycles. The Morgan fingerprint density at radius 2 is 1.05 bits per heavy atom. The minimum atomic E-state index is 0.0896. The molecule has 6 aromatic rings. The Bertz CT molecular complexity index is 1910. The van der Waals surface area contributed by atoms with Gasteiger partial charge in [-0.05, 0) is 103 Å². The number of nitrogens with one attached hydrogen (secondary N) is 2. The maximum Gasteiger partial charge on any atom is 0.119 e. The molecule has 0 aliphatic heterocycles. The molecule has 0 saturated heterocycles. The molecule has 0 bridgehead atoms. The third kappa shape index (κ3) is 13.2. The van der Waals surface area contributed by atoms with E-state index < -0.39 is 0 Å². The van der Waals surface area contributed by atoms with Gasteiger partial charge < -0.3 is 10.6 Å². The molecule has 0 aliphatic rings. The first-order chi connectivity index (χ1) is 27.5. The molecule has 0 amide bonds. The Balaban J connectivity index is 0.000000215. The van der Waals surface area contributed by atoms with Gasteiger partial charge in [-0.1, -0.05) is 145 Å². The first-order valence-electron chi connectivity index (χ1n) is 21.3. The standard InChI is InChI=1S/C26H34N2S.C24H30N2S/c1-4-7-9-21-12-16-23(17-13-21)25(27-18-8-5-2)26-28-24(19-29-26)22-14-10-20(6-3)11-15-22;1-3-5-7-19-9-13-21(14-10-19)23(24-25-17-18-27-24)26-22-15-11-20(12-16-22)8-6-4-2/h10-17,19,25,27H,4-9,18H2,1-3H3;9-18,23,26H,3-8H2,1-2H3. The van der Waals surface area contributed by atoms with Gasteiger partial charge in [0.2, 0.25) is 0 Å². The number of unbranched alkanes of at least 4 members (excludes halogenated alkanes) is 4. The van der Waals surface area contributed by atoms with Gasteiger partial charge in [0.1, 0.15) is 16.1 Å². The van der Waals surface area contributed by atoms with E-state index in [-0.39, 0.29) is 12.1 Å². The molecule has 4 nitrogen and oxygen atoms in total. The molecule has 2 atom stereocenters. The number of thiazole rings is 2. The number of hydrogen-bond acceptors (Lipinski definition) is 6. The van der Waals surface area contributed by atoms with E-state index in [0.29, 0.717) is 0 Å². The summed E-state index contributed by atoms with van der Waals surface area (Å²) >= 11 is 3.46. The van der Waals surface area contributed by atoms with Crippen LogP contribution < -0.4 is 10.6 Å². The van der Waals surface area contributed by atoms with Crippen LogP contribution in [0.3, 0.4) is 0 Å². The van der Waals surface area contributed by atoms with Gasteiger partial charge in [-0.15, -0.1) is 22.7 Å². The number of benzene rings is 4. The third-order valence-corrected chi connectivity index (χ3v) is 12.1. The summed E-state index contributed by atoms with van der Waals surface area (Å²) in [6, 6.07) is 36.1. The topological polar surface area (TPSA) is 49.8 Å². The molecule has 56 heavy (non-hydrogen) atoms. The van der Waals surface area contributed by atoms with Gasteiger partial charge in [-0.25, -0.2) is 9.97 Å². The molecule has 2 heterocycles. The minimum absolute atomic E-state index is 0.0896. The van der Waals surface area contributed by atoms with Crippen LogP contribution in [-0.4, -0.2) is 16.5 Å². The number of hydrogen-bond donors (Lipinski definition) is 2. The van der Waals surface area contributed by atoms with Crippen molar-refractivity contribution in [3.05, 3.63) is 157 Å². The van der Waals surface area contributed by atoms with Crippen LogP contribution in [0.4, 0.5) is 5.69 Å². The average molecular weight is 785 g/mol. The molecule has 4 aromatic carbocycles. The van der Waals surface area contributed by atoms with E-state index >= 15 is 0 Å². The second-order valence-electron chi connectivity index (χ2n) is 14.8. The lowest BCUT2D eigenvalue weighted by molar-refractivity contribution is 0.577. The summed E-state index contributed by atoms with van der Waals surface area (Å²) in [5, 5.41) is 13.9. The molecule has 0 saturated carbocycles. The van der Waals surface area contributed by atoms with E-state index in [1.54, 1.807) is 22.7 Å². The first kappa shape index (κ1) is 43.0. The van der Waals surface area contributed by atoms with E-state index in [4.69, 9.17) is 4.98 Å². The molecule has 6 rings (SSSR count). The molecule has 0 radical (unpaired) electrons. The average Bonchev–Trinajstić information content (AvgIpc) is 3.97. The van der Waals surface area contributed by atoms with Gasteiger partial charge in [-0.3, -0.25) is 0 Å². The molecule has 0 aliphatic carbocycles. The van der Waals surface area contributed by atoms with E-state index in [1.165, 1.54) is 96.7 Å². The smallest absolute Gasteiger partial charge is 0.119 e. The zero-order valence-electron chi connectivity index (χ0n) is 34.5. The van der Waals surface area contributed by atoms with Crippen molar-refractivity contribution in [1.82, 2.24) is 15.3 Å². The van der Waals surface area contributed by atoms with Crippen LogP contribution in [0.1, 0.15) is 141 Å². The predicted octanol–water partition coefficient (Wildman–Crippen LogP) is 14.2. The SMILES string of the molecule is CCCCNC(c1ccc(CCCC)cc1)c1nc(-c2ccc(CC)cc2)cs1.CCCCc1ccc(NC(c2ccc(CCCC)cc2)c2nccs2)cc1. The fourth-order valence-corrected chi connectivity index (χ4v) is 8.37. The Kier molecular flexibility index (Phi) is 18.3. The summed E-state index contributed by atoms with van der Waals surface area (Å²) in [7, 11) is 0. The van der Waals surface area contributed by atoms with Crippen LogP contribution in [0.2, 0.25) is 0 Å². The van der Waals surface area contributed by atoms with Gasteiger partial charge >= 0.3 is 0 Å². The van der Waals surface area contributed by atoms with E-state index in [2.05, 4.69) is 153 Å². The minimum Gasteiger partial charge on any atom is -0.372 e. The highest BCUT2D eigenvalue weighted by Crippen LogP contribution is 2.31. The van der Waals surface area contributed by atoms with Crippen molar-refractivity contribution >= 4 is 28.4 Å². The van der Waals surface area contributed by atoms with Gasteiger partial charge in [0.25, 0.3) is 0 Å². The van der Waals surface area contributed by atoms with Crippen LogP contribution in [-0.2, 0) is 25.7 Å². The zero-order chi connectivity index (χ0) is 39.4. The largest absolute Gasteiger partial charge is 0.372 e. The second kappa shape index (κ2) is 23.8. The van der Waals surface area contributed by atoms with Crippen LogP contribution in [0.25, 0.3) is 11.3 Å². The van der Waals surface area contributed by atoms with Crippen molar-refractivity contribution < 1.29 is 0 Å². The van der Waals surface area contributed by atoms with Crippen molar-refractivity contribution in [2.45, 2.75) is 124 Å². The fourth-order valence-electron chi connectivity index (χ4n) is 6.73. The molecule has 2 N–H and O–H groups in total. The molecule has 6 heteroatoms. The van der Waals surface area contributed by atoms with Crippen LogP contribution in [0.5, 0.6) is 0 Å². The number of aromatic nitrogens is 2. The monoisotopic (exact) mass is 784 g/mol. The van der Waals surface area contributed by atoms with E-state index in [1.807, 2.05) is 11.6 Å². The number of aryl methyl sites for hydroxylation is 4. The summed E-state index contributed by atoms with van der Waals surface area (Å²) < 4.78 is 0. The lowest BCUT2D eigenvalue weighted by Gasteiger charge is -2.19. The molecular formula is C50H64N4S2. The van der Waals surface area contributed by atoms with Crippen molar-refractivity contribution in [3.63, 3.8) is 0 Å². The van der Waals surface area contributed by atoms with Crippen molar-refractivity contribution in [1.29, 1.82) is 0 Å². The summed E-state index contributed by atoms with van der Waals surface area (Å²) in [6.07, 6.45) is 16.3. The highest BCUT2D eigenvalue weighted by Gasteiger charge is 2.19. The van der Waals surface area contributed by atoms with Gasteiger partial charge in [0.05, 0.1) is 11.7 Å². The van der Waals surface area contributed by atoms with Gasteiger partial charge in [0.15, 0.2) is 0 Å². The number of anilines is 1. The van der Waals surface area contributed by atoms with Crippen molar-refractivity contribution in [2.75, 3.05) is 11.9 Å². The lowest BCUT2D eigenvalue weighted by Crippen LogP contribution is -2.23. The Morgan fingerprint density at radius 1 is 0.536 bits per heavy atom. The van der Waals surface area contributed by atoms with Crippen molar-refractivity contribution in [3.8, 4) is 11.3 Å². The Morgan fingerprint density at radius 3 is 1.55 bits per heavy atom. The number of rotatable bonds is 21. The predicted molar refractivity (Wildman–Crippen MR) is 244 cm³/mol. The van der Waals surface area contributed by atoms with Gasteiger partial charge in [-0.2, -0.15) is 0 Å². The van der Waals surface area contributed by atoms with Crippen LogP contribution in [0, 0.1) is 0 Å². The van der Waals surface area contributed by atoms with E-state index in [9.17, 15) is 0 Å². The van der Waals surface area contributed by atoms with Crippen LogP contribution in [0.15, 0.2) is 114 Å². The second-order valence-corrected chi connectivity index (χ2v) is 16.6. The Labute approximate surface area is 346 Å². The zero-order valence-corrected chi connectivity index (χ0v) is 36.2. The maximum atomic E-state index is 5.02. The van der Waals surface area contributed by atoms with Crippen LogP contribution >= 0.6 is 22.7 Å². The first-order valence-corrected chi connectivity index (χ1v) is 23.0. The summed E-state index contributed by atoms with van der Waals surface area (Å²) in [5.41, 5.74) is 11.6. The molecule has 2 unspecified atom stereocenters. The van der Waals surface area contributed by atoms with E-state index in [0.717, 1.165) is 47.2 Å². The highest BCUT2D eigenvalue weighted by atomic mass is 32.1. The fraction of sp³-hybridized carbons (Fsp3) is 0.400. The summed E-state index contributed by atoms with van der Waals surface area (Å²) in [4.78, 5) is 9.59. The van der Waals surface area contributed by atoms with Crippen molar-refractivity contribution in [2.24, 2.45) is 0 Å². The molecule has 0 spiro atoms. The number of nitrogens with zero attached hydrogens (tertiary/aromatic N) is 2. The summed E-state index contributed by atoms with van der Waals surface area (Å²) in [6.45, 7) is 12.2.